The highest BCUT2D eigenvalue weighted by molar-refractivity contribution is 6.11. The first-order chi connectivity index (χ1) is 15.8. The Bertz CT molecular complexity index is 1320. The lowest BCUT2D eigenvalue weighted by atomic mass is 9.77. The molecule has 1 unspecified atom stereocenters. The van der Waals surface area contributed by atoms with Crippen LogP contribution in [0.5, 0.6) is 17.2 Å². The first-order valence-electron chi connectivity index (χ1n) is 10.1. The zero-order chi connectivity index (χ0) is 23.0. The number of ether oxygens (including phenoxy) is 3. The normalized spacial score (nSPS) is 20.2. The highest BCUT2D eigenvalue weighted by Gasteiger charge is 2.57. The number of alkyl halides is 3. The van der Waals surface area contributed by atoms with Crippen LogP contribution < -0.4 is 19.1 Å². The number of anilines is 1. The molecule has 0 radical (unpaired) electrons. The maximum atomic E-state index is 14.6. The Balaban J connectivity index is 1.44. The Hall–Kier alpha value is -3.75. The summed E-state index contributed by atoms with van der Waals surface area (Å²) >= 11 is 0. The van der Waals surface area contributed by atoms with Gasteiger partial charge in [-0.2, -0.15) is 13.2 Å². The Labute approximate surface area is 185 Å². The number of rotatable bonds is 2. The summed E-state index contributed by atoms with van der Waals surface area (Å²) in [6.07, 6.45) is -4.66. The van der Waals surface area contributed by atoms with Crippen LogP contribution in [0.4, 0.5) is 23.2 Å². The SMILES string of the molecule is O=C1N(Cc2ccc(C(F)(F)F)cc2F)c2ccccc2C12COc1cc3c(cc12)OCO3. The van der Waals surface area contributed by atoms with Crippen LogP contribution in [0.2, 0.25) is 0 Å². The van der Waals surface area contributed by atoms with Crippen LogP contribution in [0, 0.1) is 5.82 Å². The second-order valence-corrected chi connectivity index (χ2v) is 8.11. The Morgan fingerprint density at radius 1 is 0.909 bits per heavy atom. The van der Waals surface area contributed by atoms with E-state index < -0.39 is 23.0 Å². The fourth-order valence-electron chi connectivity index (χ4n) is 4.74. The van der Waals surface area contributed by atoms with Crippen molar-refractivity contribution in [1.29, 1.82) is 0 Å². The number of fused-ring (bicyclic) bond motifs is 5. The van der Waals surface area contributed by atoms with Gasteiger partial charge in [-0.25, -0.2) is 4.39 Å². The summed E-state index contributed by atoms with van der Waals surface area (Å²) < 4.78 is 70.2. The van der Waals surface area contributed by atoms with Gasteiger partial charge in [-0.15, -0.1) is 0 Å². The second-order valence-electron chi connectivity index (χ2n) is 8.11. The van der Waals surface area contributed by atoms with Crippen molar-refractivity contribution in [2.75, 3.05) is 18.3 Å². The fraction of sp³-hybridized carbons (Fsp3) is 0.208. The Morgan fingerprint density at radius 2 is 1.67 bits per heavy atom. The van der Waals surface area contributed by atoms with Crippen molar-refractivity contribution >= 4 is 11.6 Å². The van der Waals surface area contributed by atoms with Gasteiger partial charge in [-0.1, -0.05) is 24.3 Å². The monoisotopic (exact) mass is 457 g/mol. The highest BCUT2D eigenvalue weighted by atomic mass is 19.4. The molecule has 3 aliphatic rings. The lowest BCUT2D eigenvalue weighted by Gasteiger charge is -2.23. The van der Waals surface area contributed by atoms with Crippen molar-refractivity contribution in [3.05, 3.63) is 82.7 Å². The molecule has 3 aromatic carbocycles. The number of benzene rings is 3. The van der Waals surface area contributed by atoms with E-state index in [1.54, 1.807) is 36.4 Å². The molecule has 0 bridgehead atoms. The van der Waals surface area contributed by atoms with Crippen molar-refractivity contribution < 1.29 is 36.6 Å². The van der Waals surface area contributed by atoms with Crippen LogP contribution in [0.1, 0.15) is 22.3 Å². The Kier molecular flexibility index (Phi) is 4.00. The van der Waals surface area contributed by atoms with Gasteiger partial charge in [0.25, 0.3) is 0 Å². The minimum atomic E-state index is -4.66. The van der Waals surface area contributed by atoms with Gasteiger partial charge in [0.05, 0.1) is 12.1 Å². The van der Waals surface area contributed by atoms with E-state index in [2.05, 4.69) is 0 Å². The van der Waals surface area contributed by atoms with Crippen LogP contribution in [0.3, 0.4) is 0 Å². The quantitative estimate of drug-likeness (QED) is 0.519. The molecule has 33 heavy (non-hydrogen) atoms. The summed E-state index contributed by atoms with van der Waals surface area (Å²) in [5.41, 5.74) is -0.430. The average Bonchev–Trinajstić information content (AvgIpc) is 3.45. The molecule has 0 aromatic heterocycles. The molecule has 1 amide bonds. The second kappa shape index (κ2) is 6.63. The minimum absolute atomic E-state index is 0.0203. The maximum Gasteiger partial charge on any atom is 0.416 e. The van der Waals surface area contributed by atoms with E-state index >= 15 is 0 Å². The number of para-hydroxylation sites is 1. The molecule has 0 saturated heterocycles. The molecule has 168 valence electrons. The number of hydrogen-bond donors (Lipinski definition) is 0. The summed E-state index contributed by atoms with van der Waals surface area (Å²) in [7, 11) is 0. The Morgan fingerprint density at radius 3 is 2.42 bits per heavy atom. The van der Waals surface area contributed by atoms with Gasteiger partial charge in [-0.05, 0) is 29.8 Å². The van der Waals surface area contributed by atoms with Crippen molar-refractivity contribution in [1.82, 2.24) is 0 Å². The van der Waals surface area contributed by atoms with Crippen LogP contribution in [0.25, 0.3) is 0 Å². The molecule has 0 N–H and O–H groups in total. The molecule has 1 spiro atoms. The smallest absolute Gasteiger partial charge is 0.416 e. The maximum absolute atomic E-state index is 14.6. The summed E-state index contributed by atoms with van der Waals surface area (Å²) in [5.74, 6) is 0.137. The number of carbonyl (C=O) groups is 1. The van der Waals surface area contributed by atoms with Crippen LogP contribution in [-0.2, 0) is 22.9 Å². The van der Waals surface area contributed by atoms with E-state index in [0.29, 0.717) is 40.1 Å². The first-order valence-corrected chi connectivity index (χ1v) is 10.1. The largest absolute Gasteiger partial charge is 0.491 e. The topological polar surface area (TPSA) is 48.0 Å². The number of carbonyl (C=O) groups excluding carboxylic acids is 1. The molecule has 3 heterocycles. The molecular weight excluding hydrogens is 442 g/mol. The van der Waals surface area contributed by atoms with Crippen LogP contribution in [-0.4, -0.2) is 19.3 Å². The van der Waals surface area contributed by atoms with Crippen LogP contribution >= 0.6 is 0 Å². The van der Waals surface area contributed by atoms with E-state index in [1.807, 2.05) is 0 Å². The molecule has 5 nitrogen and oxygen atoms in total. The van der Waals surface area contributed by atoms with E-state index in [9.17, 15) is 22.4 Å². The van der Waals surface area contributed by atoms with E-state index in [1.165, 1.54) is 4.90 Å². The molecule has 9 heteroatoms. The van der Waals surface area contributed by atoms with Gasteiger partial charge in [-0.3, -0.25) is 4.79 Å². The standard InChI is InChI=1S/C24H15F4NO4/c25-17-7-14(24(26,27)28)6-5-13(17)10-29-18-4-2-1-3-15(18)23(22(29)30)11-31-19-9-21-20(8-16(19)23)32-12-33-21/h1-9H,10-12H2. The molecule has 0 saturated carbocycles. The number of nitrogens with zero attached hydrogens (tertiary/aromatic N) is 1. The minimum Gasteiger partial charge on any atom is -0.491 e. The molecule has 1 atom stereocenters. The first kappa shape index (κ1) is 19.9. The van der Waals surface area contributed by atoms with Gasteiger partial charge in [0.1, 0.15) is 23.6 Å². The summed E-state index contributed by atoms with van der Waals surface area (Å²) in [6.45, 7) is -0.121. The molecule has 3 aliphatic heterocycles. The third-order valence-corrected chi connectivity index (χ3v) is 6.35. The van der Waals surface area contributed by atoms with E-state index in [0.717, 1.165) is 12.1 Å². The van der Waals surface area contributed by atoms with Gasteiger partial charge in [0.15, 0.2) is 11.5 Å². The van der Waals surface area contributed by atoms with Gasteiger partial charge in [0.2, 0.25) is 12.7 Å². The third kappa shape index (κ3) is 2.74. The number of amides is 1. The molecule has 3 aromatic rings. The summed E-state index contributed by atoms with van der Waals surface area (Å²) in [4.78, 5) is 15.3. The van der Waals surface area contributed by atoms with E-state index in [-0.39, 0.29) is 31.4 Å². The number of halogens is 4. The predicted octanol–water partition coefficient (Wildman–Crippen LogP) is 4.80. The van der Waals surface area contributed by atoms with Crippen molar-refractivity contribution in [3.63, 3.8) is 0 Å². The zero-order valence-electron chi connectivity index (χ0n) is 16.9. The predicted molar refractivity (Wildman–Crippen MR) is 108 cm³/mol. The number of hydrogen-bond acceptors (Lipinski definition) is 4. The third-order valence-electron chi connectivity index (χ3n) is 6.35. The lowest BCUT2D eigenvalue weighted by molar-refractivity contribution is -0.137. The molecule has 6 rings (SSSR count). The van der Waals surface area contributed by atoms with Crippen molar-refractivity contribution in [3.8, 4) is 17.2 Å². The average molecular weight is 457 g/mol. The van der Waals surface area contributed by atoms with E-state index in [4.69, 9.17) is 14.2 Å². The summed E-state index contributed by atoms with van der Waals surface area (Å²) in [5, 5.41) is 0. The zero-order valence-corrected chi connectivity index (χ0v) is 16.9. The van der Waals surface area contributed by atoms with Crippen LogP contribution in [0.15, 0.2) is 54.6 Å². The molecule has 0 fully saturated rings. The fourth-order valence-corrected chi connectivity index (χ4v) is 4.74. The van der Waals surface area contributed by atoms with Crippen molar-refractivity contribution in [2.24, 2.45) is 0 Å². The lowest BCUT2D eigenvalue weighted by Crippen LogP contribution is -2.42. The van der Waals surface area contributed by atoms with Gasteiger partial charge >= 0.3 is 6.18 Å². The van der Waals surface area contributed by atoms with Crippen molar-refractivity contribution in [2.45, 2.75) is 18.1 Å². The highest BCUT2D eigenvalue weighted by Crippen LogP contribution is 2.55. The van der Waals surface area contributed by atoms with Gasteiger partial charge in [0, 0.05) is 22.9 Å². The van der Waals surface area contributed by atoms with Gasteiger partial charge < -0.3 is 19.1 Å². The molecule has 0 aliphatic carbocycles. The summed E-state index contributed by atoms with van der Waals surface area (Å²) in [6, 6.07) is 12.8. The molecular formula is C24H15F4NO4.